The third kappa shape index (κ3) is 8.33. The molecule has 0 spiro atoms. The van der Waals surface area contributed by atoms with Crippen molar-refractivity contribution in [3.8, 4) is 5.75 Å². The lowest BCUT2D eigenvalue weighted by molar-refractivity contribution is -0.274. The summed E-state index contributed by atoms with van der Waals surface area (Å²) in [5.74, 6) is 0.572. The van der Waals surface area contributed by atoms with Gasteiger partial charge in [0.1, 0.15) is 17.2 Å². The third-order valence-electron chi connectivity index (χ3n) is 6.56. The number of fused-ring (bicyclic) bond motifs is 1. The highest BCUT2D eigenvalue weighted by Gasteiger charge is 2.31. The molecule has 1 aromatic carbocycles. The molecule has 1 aliphatic rings. The van der Waals surface area contributed by atoms with Gasteiger partial charge in [-0.2, -0.15) is 0 Å². The Labute approximate surface area is 230 Å². The Morgan fingerprint density at radius 1 is 1.07 bits per heavy atom. The second kappa shape index (κ2) is 12.1. The number of aromatic nitrogens is 3. The first kappa shape index (κ1) is 29.2. The minimum Gasteiger partial charge on any atom is -0.444 e. The Morgan fingerprint density at radius 3 is 2.42 bits per heavy atom. The van der Waals surface area contributed by atoms with Crippen molar-refractivity contribution in [1.82, 2.24) is 24.8 Å². The molecular weight excluding hydrogens is 527 g/mol. The number of carbonyl (C=O) groups excluding carboxylic acids is 2. The van der Waals surface area contributed by atoms with Crippen molar-refractivity contribution in [3.05, 3.63) is 54.1 Å². The van der Waals surface area contributed by atoms with E-state index in [0.717, 1.165) is 29.4 Å². The number of carbonyl (C=O) groups is 2. The maximum atomic E-state index is 12.7. The molecule has 3 heterocycles. The molecule has 0 saturated carbocycles. The number of pyridine rings is 1. The normalized spacial score (nSPS) is 14.8. The van der Waals surface area contributed by atoms with Crippen LogP contribution in [0.1, 0.15) is 51.4 Å². The van der Waals surface area contributed by atoms with E-state index in [1.54, 1.807) is 35.5 Å². The number of halogens is 3. The van der Waals surface area contributed by atoms with Gasteiger partial charge < -0.3 is 24.3 Å². The van der Waals surface area contributed by atoms with Gasteiger partial charge in [-0.15, -0.1) is 13.2 Å². The van der Waals surface area contributed by atoms with E-state index in [0.29, 0.717) is 38.4 Å². The number of likely N-dealkylation sites (tertiary alicyclic amines) is 1. The number of nitrogens with zero attached hydrogens (tertiary/aromatic N) is 4. The number of benzene rings is 1. The molecular formula is C28H34F3N5O4. The van der Waals surface area contributed by atoms with Gasteiger partial charge in [0.05, 0.1) is 17.2 Å². The highest BCUT2D eigenvalue weighted by Crippen LogP contribution is 2.24. The third-order valence-corrected chi connectivity index (χ3v) is 6.56. The molecule has 2 amide bonds. The lowest BCUT2D eigenvalue weighted by atomic mass is 9.97. The first-order chi connectivity index (χ1) is 18.9. The van der Waals surface area contributed by atoms with Crippen molar-refractivity contribution in [2.24, 2.45) is 5.92 Å². The lowest BCUT2D eigenvalue weighted by Gasteiger charge is -2.33. The first-order valence-electron chi connectivity index (χ1n) is 13.2. The zero-order valence-electron chi connectivity index (χ0n) is 22.8. The summed E-state index contributed by atoms with van der Waals surface area (Å²) in [6, 6.07) is 7.44. The zero-order valence-corrected chi connectivity index (χ0v) is 22.8. The molecule has 12 heteroatoms. The van der Waals surface area contributed by atoms with Crippen LogP contribution < -0.4 is 10.1 Å². The minimum absolute atomic E-state index is 0.0973. The SMILES string of the molecule is CC(C)(C)OC(=O)N1CCC(CNC(=O)CCc2nc3ccncc3n2Cc2ccc(OC(F)(F)F)cc2)CC1. The quantitative estimate of drug-likeness (QED) is 0.412. The predicted octanol–water partition coefficient (Wildman–Crippen LogP) is 5.07. The Balaban J connectivity index is 1.31. The Morgan fingerprint density at radius 2 is 1.77 bits per heavy atom. The molecule has 4 rings (SSSR count). The number of hydrogen-bond donors (Lipinski definition) is 1. The minimum atomic E-state index is -4.75. The van der Waals surface area contributed by atoms with Crippen molar-refractivity contribution in [2.45, 2.75) is 65.0 Å². The van der Waals surface area contributed by atoms with Gasteiger partial charge in [0.25, 0.3) is 0 Å². The summed E-state index contributed by atoms with van der Waals surface area (Å²) in [6.45, 7) is 7.59. The van der Waals surface area contributed by atoms with Crippen LogP contribution in [0.3, 0.4) is 0 Å². The first-order valence-corrected chi connectivity index (χ1v) is 13.2. The van der Waals surface area contributed by atoms with Crippen molar-refractivity contribution < 1.29 is 32.2 Å². The van der Waals surface area contributed by atoms with E-state index >= 15 is 0 Å². The van der Waals surface area contributed by atoms with Crippen LogP contribution in [-0.2, 0) is 22.5 Å². The number of piperidine rings is 1. The van der Waals surface area contributed by atoms with Crippen LogP contribution in [-0.4, -0.2) is 63.0 Å². The van der Waals surface area contributed by atoms with Gasteiger partial charge in [-0.25, -0.2) is 9.78 Å². The molecule has 1 saturated heterocycles. The van der Waals surface area contributed by atoms with Gasteiger partial charge >= 0.3 is 12.5 Å². The molecule has 2 aromatic heterocycles. The van der Waals surface area contributed by atoms with Crippen molar-refractivity contribution in [2.75, 3.05) is 19.6 Å². The van der Waals surface area contributed by atoms with Crippen molar-refractivity contribution >= 4 is 23.0 Å². The maximum Gasteiger partial charge on any atom is 0.573 e. The van der Waals surface area contributed by atoms with Crippen LogP contribution in [0.5, 0.6) is 5.75 Å². The van der Waals surface area contributed by atoms with E-state index in [-0.39, 0.29) is 30.1 Å². The zero-order chi connectivity index (χ0) is 28.9. The Bertz CT molecular complexity index is 1310. The lowest BCUT2D eigenvalue weighted by Crippen LogP contribution is -2.43. The van der Waals surface area contributed by atoms with Gasteiger partial charge in [-0.1, -0.05) is 12.1 Å². The van der Waals surface area contributed by atoms with Gasteiger partial charge in [0, 0.05) is 45.2 Å². The summed E-state index contributed by atoms with van der Waals surface area (Å²) in [5.41, 5.74) is 1.71. The van der Waals surface area contributed by atoms with E-state index in [9.17, 15) is 22.8 Å². The number of aryl methyl sites for hydroxylation is 1. The fourth-order valence-corrected chi connectivity index (χ4v) is 4.58. The molecule has 0 aliphatic carbocycles. The molecule has 1 N–H and O–H groups in total. The van der Waals surface area contributed by atoms with E-state index < -0.39 is 12.0 Å². The average molecular weight is 562 g/mol. The summed E-state index contributed by atoms with van der Waals surface area (Å²) < 4.78 is 48.8. The van der Waals surface area contributed by atoms with Crippen LogP contribution in [0.2, 0.25) is 0 Å². The highest BCUT2D eigenvalue weighted by atomic mass is 19.4. The van der Waals surface area contributed by atoms with Gasteiger partial charge in [0.2, 0.25) is 5.91 Å². The van der Waals surface area contributed by atoms with E-state index in [1.165, 1.54) is 12.1 Å². The highest BCUT2D eigenvalue weighted by molar-refractivity contribution is 5.77. The van der Waals surface area contributed by atoms with E-state index in [4.69, 9.17) is 4.74 Å². The molecule has 0 unspecified atom stereocenters. The summed E-state index contributed by atoms with van der Waals surface area (Å²) in [7, 11) is 0. The van der Waals surface area contributed by atoms with Crippen LogP contribution in [0.15, 0.2) is 42.7 Å². The molecule has 0 atom stereocenters. The summed E-state index contributed by atoms with van der Waals surface area (Å²) >= 11 is 0. The molecule has 1 fully saturated rings. The number of hydrogen-bond acceptors (Lipinski definition) is 6. The summed E-state index contributed by atoms with van der Waals surface area (Å²) in [6.07, 6.45) is 0.435. The smallest absolute Gasteiger partial charge is 0.444 e. The Hall–Kier alpha value is -3.83. The van der Waals surface area contributed by atoms with E-state index in [1.807, 2.05) is 25.3 Å². The predicted molar refractivity (Wildman–Crippen MR) is 142 cm³/mol. The molecule has 216 valence electrons. The average Bonchev–Trinajstić information content (AvgIpc) is 3.23. The van der Waals surface area contributed by atoms with Crippen LogP contribution >= 0.6 is 0 Å². The molecule has 1 aliphatic heterocycles. The molecule has 9 nitrogen and oxygen atoms in total. The van der Waals surface area contributed by atoms with Crippen LogP contribution in [0, 0.1) is 5.92 Å². The number of ether oxygens (including phenoxy) is 2. The largest absolute Gasteiger partial charge is 0.573 e. The van der Waals surface area contributed by atoms with Crippen LogP contribution in [0.4, 0.5) is 18.0 Å². The number of amides is 2. The molecule has 0 bridgehead atoms. The maximum absolute atomic E-state index is 12.7. The monoisotopic (exact) mass is 561 g/mol. The van der Waals surface area contributed by atoms with Crippen molar-refractivity contribution in [1.29, 1.82) is 0 Å². The van der Waals surface area contributed by atoms with Crippen molar-refractivity contribution in [3.63, 3.8) is 0 Å². The molecule has 40 heavy (non-hydrogen) atoms. The fourth-order valence-electron chi connectivity index (χ4n) is 4.58. The van der Waals surface area contributed by atoms with Gasteiger partial charge in [0.15, 0.2) is 0 Å². The Kier molecular flexibility index (Phi) is 8.85. The topological polar surface area (TPSA) is 98.6 Å². The molecule has 3 aromatic rings. The van der Waals surface area contributed by atoms with Gasteiger partial charge in [-0.3, -0.25) is 9.78 Å². The van der Waals surface area contributed by atoms with Crippen LogP contribution in [0.25, 0.3) is 11.0 Å². The number of rotatable bonds is 8. The second-order valence-corrected chi connectivity index (χ2v) is 10.9. The number of nitrogens with one attached hydrogen (secondary N) is 1. The summed E-state index contributed by atoms with van der Waals surface area (Å²) in [5, 5.41) is 3.00. The van der Waals surface area contributed by atoms with E-state index in [2.05, 4.69) is 20.0 Å². The standard InChI is InChI=1S/C28H34F3N5O4/c1-27(2,3)40-26(38)35-14-11-19(12-15-35)16-33-25(37)9-8-24-34-22-10-13-32-17-23(22)36(24)18-20-4-6-21(7-5-20)39-28(29,30)31/h4-7,10,13,17,19H,8-9,11-12,14-16,18H2,1-3H3,(H,33,37). The summed E-state index contributed by atoms with van der Waals surface area (Å²) in [4.78, 5) is 35.5. The van der Waals surface area contributed by atoms with Gasteiger partial charge in [-0.05, 0) is 63.3 Å². The molecule has 0 radical (unpaired) electrons. The fraction of sp³-hybridized carbons (Fsp3) is 0.500. The number of imidazole rings is 1. The number of alkyl halides is 3. The second-order valence-electron chi connectivity index (χ2n) is 10.9.